The second-order valence-electron chi connectivity index (χ2n) is 7.04. The van der Waals surface area contributed by atoms with Crippen molar-refractivity contribution < 1.29 is 4.42 Å². The lowest BCUT2D eigenvalue weighted by Gasteiger charge is -2.11. The maximum atomic E-state index is 12.9. The molecule has 0 fully saturated rings. The van der Waals surface area contributed by atoms with Gasteiger partial charge in [-0.25, -0.2) is 9.97 Å². The van der Waals surface area contributed by atoms with Gasteiger partial charge in [0.15, 0.2) is 5.16 Å². The van der Waals surface area contributed by atoms with E-state index in [1.54, 1.807) is 4.57 Å². The van der Waals surface area contributed by atoms with Gasteiger partial charge in [-0.15, -0.1) is 0 Å². The largest absolute Gasteiger partial charge is 0.441 e. The van der Waals surface area contributed by atoms with Gasteiger partial charge in [-0.3, -0.25) is 9.36 Å². The molecule has 0 aliphatic carbocycles. The Kier molecular flexibility index (Phi) is 5.53. The number of benzene rings is 2. The molecule has 0 aliphatic rings. The summed E-state index contributed by atoms with van der Waals surface area (Å²) in [5.74, 6) is 2.00. The highest BCUT2D eigenvalue weighted by Crippen LogP contribution is 2.27. The van der Waals surface area contributed by atoms with Crippen molar-refractivity contribution in [2.75, 3.05) is 0 Å². The molecule has 0 spiro atoms. The van der Waals surface area contributed by atoms with Crippen molar-refractivity contribution >= 4 is 22.7 Å². The van der Waals surface area contributed by atoms with Crippen LogP contribution in [-0.4, -0.2) is 14.5 Å². The van der Waals surface area contributed by atoms with E-state index in [0.717, 1.165) is 34.1 Å². The van der Waals surface area contributed by atoms with Crippen LogP contribution in [0.4, 0.5) is 0 Å². The Balaban J connectivity index is 1.64. The number of aryl methyl sites for hydroxylation is 2. The summed E-state index contributed by atoms with van der Waals surface area (Å²) in [4.78, 5) is 22.3. The molecule has 29 heavy (non-hydrogen) atoms. The first-order valence-electron chi connectivity index (χ1n) is 9.72. The van der Waals surface area contributed by atoms with Crippen molar-refractivity contribution in [1.29, 1.82) is 0 Å². The van der Waals surface area contributed by atoms with Crippen molar-refractivity contribution in [2.45, 2.75) is 44.6 Å². The summed E-state index contributed by atoms with van der Waals surface area (Å²) in [6.07, 6.45) is 0.869. The van der Waals surface area contributed by atoms with E-state index >= 15 is 0 Å². The van der Waals surface area contributed by atoms with Gasteiger partial charge >= 0.3 is 0 Å². The van der Waals surface area contributed by atoms with Gasteiger partial charge in [-0.1, -0.05) is 48.5 Å². The van der Waals surface area contributed by atoms with Crippen molar-refractivity contribution in [3.05, 3.63) is 75.9 Å². The third kappa shape index (κ3) is 3.98. The Bertz CT molecular complexity index is 1210. The summed E-state index contributed by atoms with van der Waals surface area (Å²) in [5.41, 5.74) is 3.77. The maximum Gasteiger partial charge on any atom is 0.262 e. The minimum Gasteiger partial charge on any atom is -0.441 e. The number of aromatic nitrogens is 3. The van der Waals surface area contributed by atoms with Crippen molar-refractivity contribution in [1.82, 2.24) is 14.5 Å². The van der Waals surface area contributed by atoms with Crippen LogP contribution in [-0.2, 0) is 12.3 Å². The Labute approximate surface area is 173 Å². The molecule has 2 aromatic heterocycles. The number of thioether (sulfide) groups is 1. The smallest absolute Gasteiger partial charge is 0.262 e. The first kappa shape index (κ1) is 19.5. The molecule has 4 rings (SSSR count). The van der Waals surface area contributed by atoms with Crippen LogP contribution < -0.4 is 5.56 Å². The highest BCUT2D eigenvalue weighted by Gasteiger charge is 2.15. The zero-order valence-corrected chi connectivity index (χ0v) is 17.6. The van der Waals surface area contributed by atoms with E-state index < -0.39 is 0 Å². The van der Waals surface area contributed by atoms with Crippen molar-refractivity contribution in [3.63, 3.8) is 0 Å². The van der Waals surface area contributed by atoms with Crippen LogP contribution >= 0.6 is 11.8 Å². The molecule has 0 amide bonds. The van der Waals surface area contributed by atoms with Gasteiger partial charge in [0.25, 0.3) is 5.56 Å². The molecule has 0 aliphatic heterocycles. The number of hydrogen-bond acceptors (Lipinski definition) is 5. The van der Waals surface area contributed by atoms with E-state index in [2.05, 4.69) is 18.8 Å². The zero-order valence-electron chi connectivity index (χ0n) is 16.8. The molecule has 2 aromatic carbocycles. The summed E-state index contributed by atoms with van der Waals surface area (Å²) < 4.78 is 7.65. The van der Waals surface area contributed by atoms with Crippen LogP contribution in [0.25, 0.3) is 22.4 Å². The molecule has 0 saturated carbocycles. The summed E-state index contributed by atoms with van der Waals surface area (Å²) in [6, 6.07) is 15.6. The van der Waals surface area contributed by atoms with Gasteiger partial charge < -0.3 is 4.42 Å². The SMILES string of the molecule is CCCn1c(SCc2nc(-c3ccc(C)cc3)oc2C)nc2ccccc2c1=O. The molecule has 0 unspecified atom stereocenters. The van der Waals surface area contributed by atoms with Crippen molar-refractivity contribution in [2.24, 2.45) is 0 Å². The number of fused-ring (bicyclic) bond motifs is 1. The van der Waals surface area contributed by atoms with Crippen LogP contribution in [0.15, 0.2) is 62.9 Å². The second kappa shape index (κ2) is 8.25. The molecule has 4 aromatic rings. The van der Waals surface area contributed by atoms with Crippen molar-refractivity contribution in [3.8, 4) is 11.5 Å². The fourth-order valence-electron chi connectivity index (χ4n) is 3.19. The molecule has 0 bridgehead atoms. The van der Waals surface area contributed by atoms with E-state index in [4.69, 9.17) is 9.40 Å². The van der Waals surface area contributed by atoms with E-state index in [1.165, 1.54) is 17.3 Å². The number of oxazole rings is 1. The molecule has 148 valence electrons. The Morgan fingerprint density at radius 3 is 2.55 bits per heavy atom. The number of hydrogen-bond donors (Lipinski definition) is 0. The number of rotatable bonds is 6. The molecule has 0 atom stereocenters. The molecule has 5 nitrogen and oxygen atoms in total. The van der Waals surface area contributed by atoms with Crippen LogP contribution in [0.2, 0.25) is 0 Å². The molecular formula is C23H23N3O2S. The normalized spacial score (nSPS) is 11.3. The molecule has 0 N–H and O–H groups in total. The topological polar surface area (TPSA) is 60.9 Å². The molecular weight excluding hydrogens is 382 g/mol. The predicted octanol–water partition coefficient (Wildman–Crippen LogP) is 5.37. The average molecular weight is 406 g/mol. The average Bonchev–Trinajstić information content (AvgIpc) is 3.10. The van der Waals surface area contributed by atoms with E-state index in [9.17, 15) is 4.79 Å². The highest BCUT2D eigenvalue weighted by atomic mass is 32.2. The van der Waals surface area contributed by atoms with Gasteiger partial charge in [-0.05, 0) is 44.5 Å². The van der Waals surface area contributed by atoms with E-state index in [1.807, 2.05) is 55.5 Å². The van der Waals surface area contributed by atoms with Gasteiger partial charge in [0.1, 0.15) is 5.76 Å². The zero-order chi connectivity index (χ0) is 20.4. The summed E-state index contributed by atoms with van der Waals surface area (Å²) in [6.45, 7) is 6.68. The Hall–Kier alpha value is -2.86. The lowest BCUT2D eigenvalue weighted by atomic mass is 10.1. The maximum absolute atomic E-state index is 12.9. The van der Waals surface area contributed by atoms with E-state index in [0.29, 0.717) is 23.6 Å². The highest BCUT2D eigenvalue weighted by molar-refractivity contribution is 7.98. The lowest BCUT2D eigenvalue weighted by molar-refractivity contribution is 0.540. The standard InChI is InChI=1S/C23H23N3O2S/c1-4-13-26-22(27)18-7-5-6-8-19(18)25-23(26)29-14-20-16(3)28-21(24-20)17-11-9-15(2)10-12-17/h5-12H,4,13-14H2,1-3H3. The minimum atomic E-state index is 0.0113. The lowest BCUT2D eigenvalue weighted by Crippen LogP contribution is -2.23. The fraction of sp³-hybridized carbons (Fsp3) is 0.261. The minimum absolute atomic E-state index is 0.0113. The monoisotopic (exact) mass is 405 g/mol. The predicted molar refractivity (Wildman–Crippen MR) is 117 cm³/mol. The first-order valence-corrected chi connectivity index (χ1v) is 10.7. The molecule has 0 saturated heterocycles. The van der Waals surface area contributed by atoms with Gasteiger partial charge in [0.2, 0.25) is 5.89 Å². The number of para-hydroxylation sites is 1. The summed E-state index contributed by atoms with van der Waals surface area (Å²) in [5, 5.41) is 1.37. The van der Waals surface area contributed by atoms with Gasteiger partial charge in [0, 0.05) is 17.9 Å². The first-order chi connectivity index (χ1) is 14.1. The summed E-state index contributed by atoms with van der Waals surface area (Å²) in [7, 11) is 0. The molecule has 6 heteroatoms. The van der Waals surface area contributed by atoms with Crippen LogP contribution in [0.3, 0.4) is 0 Å². The van der Waals surface area contributed by atoms with Crippen LogP contribution in [0, 0.1) is 13.8 Å². The third-order valence-electron chi connectivity index (χ3n) is 4.80. The quantitative estimate of drug-likeness (QED) is 0.319. The number of nitrogens with zero attached hydrogens (tertiary/aromatic N) is 3. The summed E-state index contributed by atoms with van der Waals surface area (Å²) >= 11 is 1.52. The van der Waals surface area contributed by atoms with Crippen LogP contribution in [0.5, 0.6) is 0 Å². The van der Waals surface area contributed by atoms with Gasteiger partial charge in [-0.2, -0.15) is 0 Å². The second-order valence-corrected chi connectivity index (χ2v) is 7.99. The third-order valence-corrected chi connectivity index (χ3v) is 5.79. The Morgan fingerprint density at radius 2 is 1.79 bits per heavy atom. The fourth-order valence-corrected chi connectivity index (χ4v) is 4.22. The molecule has 2 heterocycles. The molecule has 0 radical (unpaired) electrons. The van der Waals surface area contributed by atoms with Gasteiger partial charge in [0.05, 0.1) is 16.6 Å². The Morgan fingerprint density at radius 1 is 1.03 bits per heavy atom. The van der Waals surface area contributed by atoms with E-state index in [-0.39, 0.29) is 5.56 Å². The van der Waals surface area contributed by atoms with Crippen LogP contribution in [0.1, 0.15) is 30.4 Å².